The first-order chi connectivity index (χ1) is 8.66. The van der Waals surface area contributed by atoms with Crippen LogP contribution in [0.2, 0.25) is 5.02 Å². The maximum absolute atomic E-state index is 6.21. The fourth-order valence-corrected chi connectivity index (χ4v) is 2.72. The summed E-state index contributed by atoms with van der Waals surface area (Å²) in [6.45, 7) is 2.74. The first-order valence-electron chi connectivity index (χ1n) is 6.84. The average Bonchev–Trinajstić information content (AvgIpc) is 2.38. The molecule has 2 nitrogen and oxygen atoms in total. The number of halogens is 1. The third-order valence-corrected chi connectivity index (χ3v) is 3.98. The van der Waals surface area contributed by atoms with E-state index in [1.807, 2.05) is 25.1 Å². The quantitative estimate of drug-likeness (QED) is 0.882. The van der Waals surface area contributed by atoms with E-state index in [0.29, 0.717) is 10.9 Å². The molecule has 18 heavy (non-hydrogen) atoms. The summed E-state index contributed by atoms with van der Waals surface area (Å²) in [5.41, 5.74) is 6.87. The van der Waals surface area contributed by atoms with Gasteiger partial charge in [0.15, 0.2) is 0 Å². The maximum Gasteiger partial charge on any atom is 0.137 e. The number of hydrogen-bond donors (Lipinski definition) is 1. The van der Waals surface area contributed by atoms with Crippen LogP contribution in [0.4, 0.5) is 0 Å². The van der Waals surface area contributed by atoms with E-state index >= 15 is 0 Å². The van der Waals surface area contributed by atoms with Gasteiger partial charge in [0.2, 0.25) is 0 Å². The van der Waals surface area contributed by atoms with E-state index in [2.05, 4.69) is 0 Å². The van der Waals surface area contributed by atoms with Crippen LogP contribution in [-0.2, 0) is 0 Å². The Bertz CT molecular complexity index is 386. The molecule has 0 aliphatic heterocycles. The molecule has 0 amide bonds. The third kappa shape index (κ3) is 3.63. The summed E-state index contributed by atoms with van der Waals surface area (Å²) in [5.74, 6) is 1.48. The Hall–Kier alpha value is -0.730. The Morgan fingerprint density at radius 3 is 2.67 bits per heavy atom. The van der Waals surface area contributed by atoms with Gasteiger partial charge in [-0.15, -0.1) is 0 Å². The number of rotatable bonds is 4. The summed E-state index contributed by atoms with van der Waals surface area (Å²) in [6, 6.07) is 5.84. The van der Waals surface area contributed by atoms with Crippen LogP contribution in [0.3, 0.4) is 0 Å². The zero-order chi connectivity index (χ0) is 13.0. The molecular weight excluding hydrogens is 246 g/mol. The summed E-state index contributed by atoms with van der Waals surface area (Å²) in [6.07, 6.45) is 6.63. The van der Waals surface area contributed by atoms with Gasteiger partial charge in [-0.2, -0.15) is 0 Å². The van der Waals surface area contributed by atoms with Crippen molar-refractivity contribution in [1.29, 1.82) is 0 Å². The van der Waals surface area contributed by atoms with Crippen LogP contribution in [0.15, 0.2) is 18.2 Å². The number of ether oxygens (including phenoxy) is 1. The molecule has 1 aromatic rings. The average molecular weight is 268 g/mol. The first kappa shape index (κ1) is 13.7. The van der Waals surface area contributed by atoms with Crippen molar-refractivity contribution < 1.29 is 4.74 Å². The summed E-state index contributed by atoms with van der Waals surface area (Å²) in [7, 11) is 0. The van der Waals surface area contributed by atoms with E-state index in [4.69, 9.17) is 22.1 Å². The van der Waals surface area contributed by atoms with Crippen LogP contribution in [0, 0.1) is 5.92 Å². The largest absolute Gasteiger partial charge is 0.492 e. The fraction of sp³-hybridized carbons (Fsp3) is 0.600. The van der Waals surface area contributed by atoms with E-state index in [1.54, 1.807) is 0 Å². The normalized spacial score (nSPS) is 18.6. The van der Waals surface area contributed by atoms with Crippen LogP contribution >= 0.6 is 11.6 Å². The van der Waals surface area contributed by atoms with Crippen molar-refractivity contribution in [3.63, 3.8) is 0 Å². The molecule has 0 radical (unpaired) electrons. The van der Waals surface area contributed by atoms with Crippen molar-refractivity contribution in [1.82, 2.24) is 0 Å². The van der Waals surface area contributed by atoms with Gasteiger partial charge in [-0.05, 0) is 43.4 Å². The first-order valence-corrected chi connectivity index (χ1v) is 7.22. The molecular formula is C15H22ClNO. The highest BCUT2D eigenvalue weighted by Gasteiger charge is 2.15. The SMILES string of the molecule is C[C@H](N)c1ccc(OCC2CCCCC2)c(Cl)c1. The van der Waals surface area contributed by atoms with E-state index in [1.165, 1.54) is 32.1 Å². The molecule has 1 aliphatic rings. The molecule has 1 aromatic carbocycles. The lowest BCUT2D eigenvalue weighted by atomic mass is 9.90. The number of nitrogens with two attached hydrogens (primary N) is 1. The second kappa shape index (κ2) is 6.44. The minimum Gasteiger partial charge on any atom is -0.492 e. The van der Waals surface area contributed by atoms with Crippen LogP contribution in [0.25, 0.3) is 0 Å². The van der Waals surface area contributed by atoms with Gasteiger partial charge in [0.1, 0.15) is 5.75 Å². The summed E-state index contributed by atoms with van der Waals surface area (Å²) in [5, 5.41) is 0.667. The van der Waals surface area contributed by atoms with Crippen molar-refractivity contribution in [2.75, 3.05) is 6.61 Å². The van der Waals surface area contributed by atoms with E-state index in [0.717, 1.165) is 17.9 Å². The molecule has 2 rings (SSSR count). The van der Waals surface area contributed by atoms with Crippen LogP contribution in [0.1, 0.15) is 50.6 Å². The predicted octanol–water partition coefficient (Wildman–Crippen LogP) is 4.32. The van der Waals surface area contributed by atoms with Crippen molar-refractivity contribution in [3.05, 3.63) is 28.8 Å². The smallest absolute Gasteiger partial charge is 0.137 e. The van der Waals surface area contributed by atoms with E-state index < -0.39 is 0 Å². The van der Waals surface area contributed by atoms with Gasteiger partial charge in [0.25, 0.3) is 0 Å². The monoisotopic (exact) mass is 267 g/mol. The van der Waals surface area contributed by atoms with Gasteiger partial charge >= 0.3 is 0 Å². The van der Waals surface area contributed by atoms with Crippen molar-refractivity contribution in [3.8, 4) is 5.75 Å². The lowest BCUT2D eigenvalue weighted by molar-refractivity contribution is 0.209. The van der Waals surface area contributed by atoms with E-state index in [-0.39, 0.29) is 6.04 Å². The second-order valence-corrected chi connectivity index (χ2v) is 5.70. The van der Waals surface area contributed by atoms with E-state index in [9.17, 15) is 0 Å². The molecule has 100 valence electrons. The van der Waals surface area contributed by atoms with Crippen LogP contribution in [0.5, 0.6) is 5.75 Å². The minimum atomic E-state index is 0.00916. The fourth-order valence-electron chi connectivity index (χ4n) is 2.48. The summed E-state index contributed by atoms with van der Waals surface area (Å²) >= 11 is 6.21. The minimum absolute atomic E-state index is 0.00916. The van der Waals surface area contributed by atoms with Crippen LogP contribution in [-0.4, -0.2) is 6.61 Å². The van der Waals surface area contributed by atoms with Gasteiger partial charge < -0.3 is 10.5 Å². The zero-order valence-electron chi connectivity index (χ0n) is 11.0. The molecule has 0 heterocycles. The highest BCUT2D eigenvalue weighted by Crippen LogP contribution is 2.29. The van der Waals surface area contributed by atoms with Gasteiger partial charge in [0, 0.05) is 6.04 Å². The molecule has 1 saturated carbocycles. The molecule has 3 heteroatoms. The van der Waals surface area contributed by atoms with Crippen molar-refractivity contribution in [2.24, 2.45) is 11.7 Å². The second-order valence-electron chi connectivity index (χ2n) is 5.29. The molecule has 1 atom stereocenters. The van der Waals surface area contributed by atoms with Crippen molar-refractivity contribution >= 4 is 11.6 Å². The Morgan fingerprint density at radius 1 is 1.33 bits per heavy atom. The summed E-state index contributed by atoms with van der Waals surface area (Å²) < 4.78 is 5.84. The lowest BCUT2D eigenvalue weighted by Crippen LogP contribution is -2.15. The van der Waals surface area contributed by atoms with Crippen molar-refractivity contribution in [2.45, 2.75) is 45.1 Å². The van der Waals surface area contributed by atoms with Gasteiger partial charge in [0.05, 0.1) is 11.6 Å². The summed E-state index contributed by atoms with van der Waals surface area (Å²) in [4.78, 5) is 0. The molecule has 1 fully saturated rings. The molecule has 0 spiro atoms. The van der Waals surface area contributed by atoms with Crippen LogP contribution < -0.4 is 10.5 Å². The third-order valence-electron chi connectivity index (χ3n) is 3.68. The highest BCUT2D eigenvalue weighted by atomic mass is 35.5. The molecule has 0 unspecified atom stereocenters. The molecule has 0 bridgehead atoms. The standard InChI is InChI=1S/C15H22ClNO/c1-11(17)13-7-8-15(14(16)9-13)18-10-12-5-3-2-4-6-12/h7-9,11-12H,2-6,10,17H2,1H3/t11-/m0/s1. The zero-order valence-corrected chi connectivity index (χ0v) is 11.7. The van der Waals surface area contributed by atoms with Gasteiger partial charge in [-0.3, -0.25) is 0 Å². The molecule has 0 aromatic heterocycles. The Labute approximate surface area is 114 Å². The number of hydrogen-bond acceptors (Lipinski definition) is 2. The predicted molar refractivity (Wildman–Crippen MR) is 76.1 cm³/mol. The van der Waals surface area contributed by atoms with Gasteiger partial charge in [-0.25, -0.2) is 0 Å². The van der Waals surface area contributed by atoms with Gasteiger partial charge in [-0.1, -0.05) is 36.9 Å². The topological polar surface area (TPSA) is 35.2 Å². The molecule has 2 N–H and O–H groups in total. The molecule has 1 aliphatic carbocycles. The lowest BCUT2D eigenvalue weighted by Gasteiger charge is -2.22. The highest BCUT2D eigenvalue weighted by molar-refractivity contribution is 6.32. The Balaban J connectivity index is 1.92. The maximum atomic E-state index is 6.21. The Morgan fingerprint density at radius 2 is 2.06 bits per heavy atom. The Kier molecular flexibility index (Phi) is 4.90. The number of benzene rings is 1. The molecule has 0 saturated heterocycles.